The zero-order chi connectivity index (χ0) is 13.6. The Kier molecular flexibility index (Phi) is 2.99. The molecular formula is C13H10Cl2N2O2. The number of benzene rings is 1. The van der Waals surface area contributed by atoms with Crippen LogP contribution < -0.4 is 0 Å². The van der Waals surface area contributed by atoms with Gasteiger partial charge in [0.15, 0.2) is 0 Å². The van der Waals surface area contributed by atoms with E-state index in [1.54, 1.807) is 22.9 Å². The fourth-order valence-corrected chi connectivity index (χ4v) is 2.61. The van der Waals surface area contributed by atoms with Gasteiger partial charge in [0, 0.05) is 10.9 Å². The highest BCUT2D eigenvalue weighted by molar-refractivity contribution is 6.35. The Hall–Kier alpha value is -1.52. The first kappa shape index (κ1) is 12.5. The first-order valence-corrected chi connectivity index (χ1v) is 6.60. The number of nitrogens with zero attached hydrogens (tertiary/aromatic N) is 2. The summed E-state index contributed by atoms with van der Waals surface area (Å²) in [6.07, 6.45) is 3.34. The smallest absolute Gasteiger partial charge is 0.339 e. The number of aromatic carboxylic acids is 1. The Labute approximate surface area is 119 Å². The molecule has 1 aliphatic carbocycles. The molecule has 4 nitrogen and oxygen atoms in total. The van der Waals surface area contributed by atoms with Gasteiger partial charge in [-0.25, -0.2) is 9.48 Å². The van der Waals surface area contributed by atoms with Gasteiger partial charge in [0.1, 0.15) is 5.56 Å². The van der Waals surface area contributed by atoms with E-state index in [2.05, 4.69) is 5.10 Å². The monoisotopic (exact) mass is 296 g/mol. The number of halogens is 2. The summed E-state index contributed by atoms with van der Waals surface area (Å²) in [4.78, 5) is 11.2. The first-order valence-electron chi connectivity index (χ1n) is 5.84. The van der Waals surface area contributed by atoms with Crippen molar-refractivity contribution in [2.24, 2.45) is 0 Å². The van der Waals surface area contributed by atoms with Crippen molar-refractivity contribution >= 4 is 29.2 Å². The number of carboxylic acid groups (broad SMARTS) is 1. The average molecular weight is 297 g/mol. The summed E-state index contributed by atoms with van der Waals surface area (Å²) >= 11 is 12.0. The van der Waals surface area contributed by atoms with E-state index in [1.807, 2.05) is 0 Å². The molecule has 0 aliphatic heterocycles. The second-order valence-electron chi connectivity index (χ2n) is 4.53. The molecule has 0 saturated heterocycles. The van der Waals surface area contributed by atoms with Crippen LogP contribution in [-0.2, 0) is 0 Å². The van der Waals surface area contributed by atoms with E-state index in [1.165, 1.54) is 6.20 Å². The van der Waals surface area contributed by atoms with Crippen LogP contribution in [0.1, 0.15) is 34.8 Å². The molecule has 1 aromatic carbocycles. The molecule has 1 heterocycles. The molecule has 1 fully saturated rings. The maximum atomic E-state index is 11.2. The Bertz CT molecular complexity index is 663. The van der Waals surface area contributed by atoms with E-state index < -0.39 is 5.97 Å². The van der Waals surface area contributed by atoms with Crippen molar-refractivity contribution in [2.45, 2.75) is 18.8 Å². The topological polar surface area (TPSA) is 55.1 Å². The highest BCUT2D eigenvalue weighted by Gasteiger charge is 2.33. The molecular weight excluding hydrogens is 287 g/mol. The van der Waals surface area contributed by atoms with Crippen LogP contribution in [0.2, 0.25) is 10.0 Å². The number of hydrogen-bond acceptors (Lipinski definition) is 2. The normalized spacial score (nSPS) is 14.6. The molecule has 1 saturated carbocycles. The summed E-state index contributed by atoms with van der Waals surface area (Å²) in [5, 5.41) is 14.4. The standard InChI is InChI=1S/C13H10Cl2N2O2/c14-8-3-4-11(10(15)5-8)17-12(7-1-2-7)9(6-16-17)13(18)19/h3-7H,1-2H2,(H,18,19). The molecule has 0 unspecified atom stereocenters. The molecule has 98 valence electrons. The number of aromatic nitrogens is 2. The van der Waals surface area contributed by atoms with Crippen LogP contribution >= 0.6 is 23.2 Å². The lowest BCUT2D eigenvalue weighted by Gasteiger charge is -2.09. The van der Waals surface area contributed by atoms with Gasteiger partial charge >= 0.3 is 5.97 Å². The summed E-state index contributed by atoms with van der Waals surface area (Å²) in [5.41, 5.74) is 1.62. The molecule has 19 heavy (non-hydrogen) atoms. The van der Waals surface area contributed by atoms with Crippen molar-refractivity contribution in [1.29, 1.82) is 0 Å². The first-order chi connectivity index (χ1) is 9.08. The van der Waals surface area contributed by atoms with E-state index in [-0.39, 0.29) is 11.5 Å². The average Bonchev–Trinajstić information content (AvgIpc) is 3.08. The van der Waals surface area contributed by atoms with E-state index in [0.29, 0.717) is 15.7 Å². The highest BCUT2D eigenvalue weighted by Crippen LogP contribution is 2.43. The SMILES string of the molecule is O=C(O)c1cnn(-c2ccc(Cl)cc2Cl)c1C1CC1. The molecule has 0 atom stereocenters. The number of rotatable bonds is 3. The Morgan fingerprint density at radius 3 is 2.68 bits per heavy atom. The number of hydrogen-bond donors (Lipinski definition) is 1. The molecule has 0 radical (unpaired) electrons. The van der Waals surface area contributed by atoms with Gasteiger partial charge in [-0.3, -0.25) is 0 Å². The second-order valence-corrected chi connectivity index (χ2v) is 5.37. The van der Waals surface area contributed by atoms with Crippen molar-refractivity contribution in [2.75, 3.05) is 0 Å². The minimum Gasteiger partial charge on any atom is -0.478 e. The predicted octanol–water partition coefficient (Wildman–Crippen LogP) is 3.75. The molecule has 6 heteroatoms. The van der Waals surface area contributed by atoms with Crippen LogP contribution in [0.5, 0.6) is 0 Å². The van der Waals surface area contributed by atoms with Gasteiger partial charge in [0.05, 0.1) is 22.6 Å². The summed E-state index contributed by atoms with van der Waals surface area (Å²) in [5.74, 6) is -0.710. The summed E-state index contributed by atoms with van der Waals surface area (Å²) in [7, 11) is 0. The minimum absolute atomic E-state index is 0.244. The second kappa shape index (κ2) is 4.54. The summed E-state index contributed by atoms with van der Waals surface area (Å²) < 4.78 is 1.61. The van der Waals surface area contributed by atoms with Crippen LogP contribution in [0, 0.1) is 0 Å². The Morgan fingerprint density at radius 1 is 1.37 bits per heavy atom. The zero-order valence-corrected chi connectivity index (χ0v) is 11.3. The van der Waals surface area contributed by atoms with E-state index >= 15 is 0 Å². The van der Waals surface area contributed by atoms with Crippen LogP contribution in [0.15, 0.2) is 24.4 Å². The molecule has 1 aliphatic rings. The minimum atomic E-state index is -0.960. The highest BCUT2D eigenvalue weighted by atomic mass is 35.5. The van der Waals surface area contributed by atoms with E-state index in [0.717, 1.165) is 18.5 Å². The van der Waals surface area contributed by atoms with Gasteiger partial charge in [-0.15, -0.1) is 0 Å². The lowest BCUT2D eigenvalue weighted by Crippen LogP contribution is -2.06. The van der Waals surface area contributed by atoms with E-state index in [4.69, 9.17) is 23.2 Å². The van der Waals surface area contributed by atoms with Gasteiger partial charge in [-0.05, 0) is 31.0 Å². The predicted molar refractivity (Wildman–Crippen MR) is 72.5 cm³/mol. The van der Waals surface area contributed by atoms with Crippen molar-refractivity contribution in [3.8, 4) is 5.69 Å². The van der Waals surface area contributed by atoms with Crippen molar-refractivity contribution < 1.29 is 9.90 Å². The zero-order valence-electron chi connectivity index (χ0n) is 9.81. The van der Waals surface area contributed by atoms with Crippen molar-refractivity contribution in [3.63, 3.8) is 0 Å². The summed E-state index contributed by atoms with van der Waals surface area (Å²) in [6, 6.07) is 5.08. The largest absolute Gasteiger partial charge is 0.478 e. The molecule has 3 rings (SSSR count). The van der Waals surface area contributed by atoms with Crippen LogP contribution in [0.3, 0.4) is 0 Å². The molecule has 1 N–H and O–H groups in total. The van der Waals surface area contributed by atoms with Crippen LogP contribution in [0.4, 0.5) is 0 Å². The fraction of sp³-hybridized carbons (Fsp3) is 0.231. The molecule has 0 spiro atoms. The quantitative estimate of drug-likeness (QED) is 0.938. The number of carbonyl (C=O) groups is 1. The molecule has 2 aromatic rings. The third kappa shape index (κ3) is 2.22. The Morgan fingerprint density at radius 2 is 2.11 bits per heavy atom. The molecule has 0 amide bonds. The third-order valence-corrected chi connectivity index (χ3v) is 3.68. The van der Waals surface area contributed by atoms with E-state index in [9.17, 15) is 9.90 Å². The number of carboxylic acids is 1. The Balaban J connectivity index is 2.17. The van der Waals surface area contributed by atoms with Gasteiger partial charge < -0.3 is 5.11 Å². The van der Waals surface area contributed by atoms with Gasteiger partial charge in [-0.2, -0.15) is 5.10 Å². The lowest BCUT2D eigenvalue weighted by molar-refractivity contribution is 0.0695. The van der Waals surface area contributed by atoms with Gasteiger partial charge in [0.2, 0.25) is 0 Å². The van der Waals surface area contributed by atoms with Crippen LogP contribution in [0.25, 0.3) is 5.69 Å². The third-order valence-electron chi connectivity index (χ3n) is 3.14. The molecule has 1 aromatic heterocycles. The van der Waals surface area contributed by atoms with Crippen molar-refractivity contribution in [3.05, 3.63) is 45.7 Å². The van der Waals surface area contributed by atoms with Gasteiger partial charge in [-0.1, -0.05) is 23.2 Å². The lowest BCUT2D eigenvalue weighted by atomic mass is 10.1. The van der Waals surface area contributed by atoms with Gasteiger partial charge in [0.25, 0.3) is 0 Å². The summed E-state index contributed by atoms with van der Waals surface area (Å²) in [6.45, 7) is 0. The maximum Gasteiger partial charge on any atom is 0.339 e. The maximum absolute atomic E-state index is 11.2. The van der Waals surface area contributed by atoms with Crippen molar-refractivity contribution in [1.82, 2.24) is 9.78 Å². The van der Waals surface area contributed by atoms with Crippen LogP contribution in [-0.4, -0.2) is 20.9 Å². The molecule has 0 bridgehead atoms. The fourth-order valence-electron chi connectivity index (χ4n) is 2.12.